The van der Waals surface area contributed by atoms with Gasteiger partial charge >= 0.3 is 0 Å². The first-order valence-electron chi connectivity index (χ1n) is 5.90. The Kier molecular flexibility index (Phi) is 5.13. The Balaban J connectivity index is 1.77. The van der Waals surface area contributed by atoms with E-state index in [0.717, 1.165) is 22.2 Å². The molecule has 0 unspecified atom stereocenters. The molecule has 1 heterocycles. The lowest BCUT2D eigenvalue weighted by molar-refractivity contribution is -0.119. The van der Waals surface area contributed by atoms with Crippen molar-refractivity contribution in [3.8, 4) is 0 Å². The first kappa shape index (κ1) is 13.5. The molecule has 0 fully saturated rings. The Morgan fingerprint density at radius 1 is 1.50 bits per heavy atom. The summed E-state index contributed by atoms with van der Waals surface area (Å²) >= 11 is 3.26. The quantitative estimate of drug-likeness (QED) is 0.922. The van der Waals surface area contributed by atoms with Crippen LogP contribution in [0.3, 0.4) is 0 Å². The van der Waals surface area contributed by atoms with Crippen molar-refractivity contribution in [1.29, 1.82) is 0 Å². The molecule has 0 bridgehead atoms. The number of thioether (sulfide) groups is 2. The average Bonchev–Trinajstić information content (AvgIpc) is 2.90. The molecule has 0 saturated heterocycles. The maximum atomic E-state index is 11.8. The molecule has 0 aliphatic carbocycles. The highest BCUT2D eigenvalue weighted by Crippen LogP contribution is 2.22. The highest BCUT2D eigenvalue weighted by molar-refractivity contribution is 8.39. The smallest absolute Gasteiger partial charge is 0.230 e. The van der Waals surface area contributed by atoms with Gasteiger partial charge in [-0.15, -0.1) is 0 Å². The van der Waals surface area contributed by atoms with Crippen molar-refractivity contribution in [1.82, 2.24) is 5.32 Å². The van der Waals surface area contributed by atoms with Gasteiger partial charge in [-0.2, -0.15) is 0 Å². The summed E-state index contributed by atoms with van der Waals surface area (Å²) in [5.41, 5.74) is 1.13. The summed E-state index contributed by atoms with van der Waals surface area (Å²) in [5, 5.41) is 3.00. The first-order chi connectivity index (χ1) is 8.75. The second-order valence-corrected chi connectivity index (χ2v) is 6.29. The van der Waals surface area contributed by atoms with Crippen LogP contribution in [-0.4, -0.2) is 28.3 Å². The number of carbonyl (C=O) groups is 1. The van der Waals surface area contributed by atoms with Gasteiger partial charge in [0.05, 0.1) is 18.3 Å². The highest BCUT2D eigenvalue weighted by Gasteiger charge is 2.12. The van der Waals surface area contributed by atoms with Crippen LogP contribution in [0.5, 0.6) is 0 Å². The number of hydrogen-bond donors (Lipinski definition) is 1. The second-order valence-electron chi connectivity index (χ2n) is 3.98. The summed E-state index contributed by atoms with van der Waals surface area (Å²) < 4.78 is 1.04. The van der Waals surface area contributed by atoms with Crippen LogP contribution in [-0.2, 0) is 4.79 Å². The van der Waals surface area contributed by atoms with E-state index >= 15 is 0 Å². The predicted molar refractivity (Wildman–Crippen MR) is 80.2 cm³/mol. The summed E-state index contributed by atoms with van der Waals surface area (Å²) in [6, 6.07) is 10.0. The van der Waals surface area contributed by atoms with Crippen LogP contribution in [0.1, 0.15) is 18.5 Å². The number of hydrogen-bond acceptors (Lipinski definition) is 4. The molecule has 96 valence electrons. The van der Waals surface area contributed by atoms with Gasteiger partial charge in [0, 0.05) is 5.75 Å². The lowest BCUT2D eigenvalue weighted by Crippen LogP contribution is -2.28. The van der Waals surface area contributed by atoms with Gasteiger partial charge < -0.3 is 5.32 Å². The minimum atomic E-state index is 0.0532. The minimum absolute atomic E-state index is 0.0532. The van der Waals surface area contributed by atoms with Crippen LogP contribution in [0.25, 0.3) is 0 Å². The third-order valence-corrected chi connectivity index (χ3v) is 4.81. The topological polar surface area (TPSA) is 41.5 Å². The van der Waals surface area contributed by atoms with Gasteiger partial charge in [0.2, 0.25) is 5.91 Å². The van der Waals surface area contributed by atoms with Gasteiger partial charge in [-0.25, -0.2) is 0 Å². The van der Waals surface area contributed by atoms with E-state index in [1.165, 1.54) is 11.8 Å². The number of aliphatic imine (C=N–C) groups is 1. The van der Waals surface area contributed by atoms with Crippen molar-refractivity contribution in [3.05, 3.63) is 35.9 Å². The van der Waals surface area contributed by atoms with E-state index in [-0.39, 0.29) is 11.9 Å². The molecule has 1 amide bonds. The van der Waals surface area contributed by atoms with Crippen molar-refractivity contribution in [2.45, 2.75) is 13.0 Å². The number of benzene rings is 1. The molecule has 1 aliphatic rings. The summed E-state index contributed by atoms with van der Waals surface area (Å²) in [7, 11) is 0. The van der Waals surface area contributed by atoms with Crippen molar-refractivity contribution in [2.75, 3.05) is 18.1 Å². The fourth-order valence-electron chi connectivity index (χ4n) is 1.64. The van der Waals surface area contributed by atoms with Gasteiger partial charge in [0.1, 0.15) is 4.38 Å². The summed E-state index contributed by atoms with van der Waals surface area (Å²) in [4.78, 5) is 16.1. The zero-order chi connectivity index (χ0) is 12.8. The Morgan fingerprint density at radius 2 is 2.28 bits per heavy atom. The van der Waals surface area contributed by atoms with Gasteiger partial charge in [-0.05, 0) is 12.5 Å². The maximum Gasteiger partial charge on any atom is 0.230 e. The zero-order valence-corrected chi connectivity index (χ0v) is 11.9. The molecule has 3 nitrogen and oxygen atoms in total. The number of nitrogens with zero attached hydrogens (tertiary/aromatic N) is 1. The second kappa shape index (κ2) is 6.85. The predicted octanol–water partition coefficient (Wildman–Crippen LogP) is 2.70. The molecule has 1 aromatic carbocycles. The van der Waals surface area contributed by atoms with Crippen LogP contribution >= 0.6 is 23.5 Å². The molecule has 0 spiro atoms. The summed E-state index contributed by atoms with van der Waals surface area (Å²) in [6.45, 7) is 2.88. The molecular formula is C13H16N2OS2. The van der Waals surface area contributed by atoms with E-state index in [9.17, 15) is 4.79 Å². The van der Waals surface area contributed by atoms with Crippen LogP contribution in [0.2, 0.25) is 0 Å². The number of nitrogens with one attached hydrogen (secondary N) is 1. The monoisotopic (exact) mass is 280 g/mol. The molecule has 1 atom stereocenters. The molecule has 1 aromatic rings. The normalized spacial score (nSPS) is 16.2. The first-order valence-corrected chi connectivity index (χ1v) is 7.87. The van der Waals surface area contributed by atoms with Crippen LogP contribution in [0, 0.1) is 0 Å². The minimum Gasteiger partial charge on any atom is -0.349 e. The van der Waals surface area contributed by atoms with Crippen LogP contribution in [0.4, 0.5) is 0 Å². The Labute approximate surface area is 116 Å². The van der Waals surface area contributed by atoms with Crippen molar-refractivity contribution >= 4 is 33.8 Å². The third kappa shape index (κ3) is 4.07. The standard InChI is InChI=1S/C13H16N2OS2/c1-10(11-5-3-2-4-6-11)15-12(16)9-18-13-14-7-8-17-13/h2-6,10H,7-9H2,1H3,(H,15,16)/t10-/m1/s1. The van der Waals surface area contributed by atoms with Crippen LogP contribution in [0.15, 0.2) is 35.3 Å². The average molecular weight is 280 g/mol. The van der Waals surface area contributed by atoms with E-state index < -0.39 is 0 Å². The molecule has 5 heteroatoms. The molecule has 18 heavy (non-hydrogen) atoms. The lowest BCUT2D eigenvalue weighted by atomic mass is 10.1. The van der Waals surface area contributed by atoms with Gasteiger partial charge in [0.15, 0.2) is 0 Å². The zero-order valence-electron chi connectivity index (χ0n) is 10.3. The molecule has 1 aliphatic heterocycles. The van der Waals surface area contributed by atoms with Gasteiger partial charge in [-0.3, -0.25) is 9.79 Å². The summed E-state index contributed by atoms with van der Waals surface area (Å²) in [6.07, 6.45) is 0. The SMILES string of the molecule is C[C@@H](NC(=O)CSC1=NCCS1)c1ccccc1. The molecule has 1 N–H and O–H groups in total. The summed E-state index contributed by atoms with van der Waals surface area (Å²) in [5.74, 6) is 1.56. The van der Waals surface area contributed by atoms with E-state index in [1.54, 1.807) is 11.8 Å². The molecule has 0 aromatic heterocycles. The fraction of sp³-hybridized carbons (Fsp3) is 0.385. The number of carbonyl (C=O) groups excluding carboxylic acids is 1. The molecule has 2 rings (SSSR count). The van der Waals surface area contributed by atoms with Crippen molar-refractivity contribution in [3.63, 3.8) is 0 Å². The van der Waals surface area contributed by atoms with Gasteiger partial charge in [-0.1, -0.05) is 53.9 Å². The third-order valence-electron chi connectivity index (χ3n) is 2.56. The molecule has 0 saturated carbocycles. The Hall–Kier alpha value is -0.940. The van der Waals surface area contributed by atoms with E-state index in [0.29, 0.717) is 5.75 Å². The van der Waals surface area contributed by atoms with Crippen molar-refractivity contribution in [2.24, 2.45) is 4.99 Å². The van der Waals surface area contributed by atoms with E-state index in [1.807, 2.05) is 37.3 Å². The molecule has 0 radical (unpaired) electrons. The highest BCUT2D eigenvalue weighted by atomic mass is 32.2. The lowest BCUT2D eigenvalue weighted by Gasteiger charge is -2.13. The van der Waals surface area contributed by atoms with Crippen molar-refractivity contribution < 1.29 is 4.79 Å². The fourth-order valence-corrected chi connectivity index (χ4v) is 3.46. The van der Waals surface area contributed by atoms with Crippen LogP contribution < -0.4 is 5.32 Å². The Bertz CT molecular complexity index is 434. The number of amides is 1. The van der Waals surface area contributed by atoms with Gasteiger partial charge in [0.25, 0.3) is 0 Å². The largest absolute Gasteiger partial charge is 0.349 e. The molecular weight excluding hydrogens is 264 g/mol. The Morgan fingerprint density at radius 3 is 2.94 bits per heavy atom. The van der Waals surface area contributed by atoms with E-state index in [4.69, 9.17) is 0 Å². The maximum absolute atomic E-state index is 11.8. The number of rotatable bonds is 4. The van der Waals surface area contributed by atoms with E-state index in [2.05, 4.69) is 10.3 Å².